The second-order valence-electron chi connectivity index (χ2n) is 6.11. The zero-order valence-corrected chi connectivity index (χ0v) is 15.5. The Morgan fingerprint density at radius 2 is 2.04 bits per heavy atom. The van der Waals surface area contributed by atoms with E-state index in [0.29, 0.717) is 19.5 Å². The molecule has 5 nitrogen and oxygen atoms in total. The first kappa shape index (κ1) is 19.8. The third-order valence-corrected chi connectivity index (χ3v) is 4.99. The van der Waals surface area contributed by atoms with Crippen LogP contribution in [-0.2, 0) is 0 Å². The summed E-state index contributed by atoms with van der Waals surface area (Å²) < 4.78 is 36.9. The summed E-state index contributed by atoms with van der Waals surface area (Å²) in [5, 5.41) is 6.63. The van der Waals surface area contributed by atoms with Crippen molar-refractivity contribution in [3.8, 4) is 0 Å². The molecule has 0 bridgehead atoms. The van der Waals surface area contributed by atoms with Crippen LogP contribution in [0, 0.1) is 0 Å². The minimum atomic E-state index is -4.14. The van der Waals surface area contributed by atoms with Gasteiger partial charge in [0.15, 0.2) is 5.96 Å². The smallest absolute Gasteiger partial charge is 0.360 e. The highest BCUT2D eigenvalue weighted by molar-refractivity contribution is 7.14. The van der Waals surface area contributed by atoms with E-state index in [1.54, 1.807) is 18.4 Å². The van der Waals surface area contributed by atoms with Gasteiger partial charge in [-0.2, -0.15) is 13.2 Å². The van der Waals surface area contributed by atoms with Gasteiger partial charge >= 0.3 is 6.18 Å². The lowest BCUT2D eigenvalue weighted by atomic mass is 10.3. The Morgan fingerprint density at radius 1 is 1.32 bits per heavy atom. The highest BCUT2D eigenvalue weighted by atomic mass is 32.1. The Balaban J connectivity index is 1.67. The quantitative estimate of drug-likeness (QED) is 0.469. The number of halogens is 3. The second-order valence-corrected chi connectivity index (χ2v) is 7.03. The van der Waals surface area contributed by atoms with Crippen molar-refractivity contribution in [1.82, 2.24) is 15.1 Å². The molecule has 0 saturated carbocycles. The normalized spacial score (nSPS) is 16.6. The second kappa shape index (κ2) is 9.28. The molecule has 25 heavy (non-hydrogen) atoms. The van der Waals surface area contributed by atoms with Crippen molar-refractivity contribution in [3.63, 3.8) is 0 Å². The predicted octanol–water partition coefficient (Wildman–Crippen LogP) is 2.33. The highest BCUT2D eigenvalue weighted by Crippen LogP contribution is 2.22. The number of hydrogen-bond acceptors (Lipinski definition) is 4. The van der Waals surface area contributed by atoms with Crippen LogP contribution < -0.4 is 10.2 Å². The van der Waals surface area contributed by atoms with Crippen LogP contribution in [0.5, 0.6) is 0 Å². The molecule has 1 aromatic rings. The van der Waals surface area contributed by atoms with Crippen molar-refractivity contribution < 1.29 is 13.2 Å². The van der Waals surface area contributed by atoms with E-state index >= 15 is 0 Å². The Labute approximate surface area is 151 Å². The van der Waals surface area contributed by atoms with Gasteiger partial charge < -0.3 is 15.1 Å². The van der Waals surface area contributed by atoms with E-state index in [1.807, 2.05) is 0 Å². The maximum absolute atomic E-state index is 12.3. The summed E-state index contributed by atoms with van der Waals surface area (Å²) in [6.45, 7) is 3.78. The van der Waals surface area contributed by atoms with Gasteiger partial charge in [-0.3, -0.25) is 9.89 Å². The summed E-state index contributed by atoms with van der Waals surface area (Å²) in [6, 6.07) is 4.19. The Hall–Kier alpha value is -1.48. The molecule has 1 saturated heterocycles. The number of anilines is 1. The number of alkyl halides is 3. The summed E-state index contributed by atoms with van der Waals surface area (Å²) in [6.07, 6.45) is -3.50. The summed E-state index contributed by atoms with van der Waals surface area (Å²) in [4.78, 5) is 10.2. The number of hydrogen-bond donors (Lipinski definition) is 1. The zero-order valence-electron chi connectivity index (χ0n) is 14.7. The van der Waals surface area contributed by atoms with Gasteiger partial charge in [-0.25, -0.2) is 0 Å². The van der Waals surface area contributed by atoms with Crippen LogP contribution in [0.1, 0.15) is 6.42 Å². The molecule has 9 heteroatoms. The molecule has 2 rings (SSSR count). The molecule has 0 atom stereocenters. The fourth-order valence-electron chi connectivity index (χ4n) is 2.86. The average Bonchev–Trinajstić information content (AvgIpc) is 3.08. The molecule has 0 spiro atoms. The van der Waals surface area contributed by atoms with E-state index in [1.165, 1.54) is 16.9 Å². The van der Waals surface area contributed by atoms with Gasteiger partial charge in [-0.05, 0) is 37.5 Å². The summed E-state index contributed by atoms with van der Waals surface area (Å²) in [7, 11) is 3.23. The van der Waals surface area contributed by atoms with Crippen LogP contribution in [0.4, 0.5) is 18.2 Å². The number of nitrogens with one attached hydrogen (secondary N) is 1. The van der Waals surface area contributed by atoms with Crippen LogP contribution in [-0.4, -0.2) is 81.8 Å². The average molecular weight is 377 g/mol. The van der Waals surface area contributed by atoms with Gasteiger partial charge in [0.25, 0.3) is 0 Å². The van der Waals surface area contributed by atoms with Gasteiger partial charge in [0.05, 0.1) is 11.5 Å². The monoisotopic (exact) mass is 377 g/mol. The zero-order chi connectivity index (χ0) is 18.3. The van der Waals surface area contributed by atoms with Crippen LogP contribution in [0.25, 0.3) is 0 Å². The van der Waals surface area contributed by atoms with Crippen molar-refractivity contribution in [2.75, 3.05) is 64.8 Å². The first-order valence-electron chi connectivity index (χ1n) is 8.38. The molecule has 142 valence electrons. The van der Waals surface area contributed by atoms with Crippen LogP contribution in [0.15, 0.2) is 22.5 Å². The summed E-state index contributed by atoms with van der Waals surface area (Å²) in [5.41, 5.74) is 0. The van der Waals surface area contributed by atoms with Crippen molar-refractivity contribution in [1.29, 1.82) is 0 Å². The van der Waals surface area contributed by atoms with Gasteiger partial charge in [0, 0.05) is 39.8 Å². The van der Waals surface area contributed by atoms with Gasteiger partial charge in [-0.1, -0.05) is 0 Å². The molecule has 1 aliphatic heterocycles. The van der Waals surface area contributed by atoms with E-state index in [2.05, 4.69) is 37.6 Å². The lowest BCUT2D eigenvalue weighted by Crippen LogP contribution is -2.52. The van der Waals surface area contributed by atoms with Crippen LogP contribution in [0.3, 0.4) is 0 Å². The number of piperazine rings is 1. The maximum Gasteiger partial charge on any atom is 0.401 e. The van der Waals surface area contributed by atoms with E-state index < -0.39 is 12.7 Å². The molecule has 0 amide bonds. The van der Waals surface area contributed by atoms with Crippen molar-refractivity contribution in [2.24, 2.45) is 4.99 Å². The van der Waals surface area contributed by atoms with Gasteiger partial charge in [0.2, 0.25) is 0 Å². The largest absolute Gasteiger partial charge is 0.401 e. The molecule has 0 radical (unpaired) electrons. The van der Waals surface area contributed by atoms with Crippen LogP contribution in [0.2, 0.25) is 0 Å². The number of rotatable bonds is 6. The van der Waals surface area contributed by atoms with Crippen molar-refractivity contribution >= 4 is 22.3 Å². The molecule has 0 unspecified atom stereocenters. The molecular formula is C16H26F3N5S. The lowest BCUT2D eigenvalue weighted by molar-refractivity contribution is -0.143. The van der Waals surface area contributed by atoms with Gasteiger partial charge in [-0.15, -0.1) is 11.3 Å². The first-order chi connectivity index (χ1) is 11.9. The topological polar surface area (TPSA) is 34.1 Å². The summed E-state index contributed by atoms with van der Waals surface area (Å²) in [5.74, 6) is 0.823. The Bertz CT molecular complexity index is 524. The fraction of sp³-hybridized carbons (Fsp3) is 0.688. The predicted molar refractivity (Wildman–Crippen MR) is 97.6 cm³/mol. The van der Waals surface area contributed by atoms with Crippen molar-refractivity contribution in [3.05, 3.63) is 17.5 Å². The third kappa shape index (κ3) is 6.74. The maximum atomic E-state index is 12.3. The Morgan fingerprint density at radius 3 is 2.60 bits per heavy atom. The third-order valence-electron chi connectivity index (χ3n) is 4.06. The molecule has 1 aliphatic rings. The van der Waals surface area contributed by atoms with E-state index in [4.69, 9.17) is 0 Å². The lowest BCUT2D eigenvalue weighted by Gasteiger charge is -2.37. The minimum absolute atomic E-state index is 0.398. The molecule has 1 fully saturated rings. The highest BCUT2D eigenvalue weighted by Gasteiger charge is 2.28. The number of nitrogens with zero attached hydrogens (tertiary/aromatic N) is 4. The fourth-order valence-corrected chi connectivity index (χ4v) is 3.64. The number of thiophene rings is 1. The first-order valence-corrected chi connectivity index (χ1v) is 9.26. The van der Waals surface area contributed by atoms with E-state index in [9.17, 15) is 13.2 Å². The number of guanidine groups is 1. The molecular weight excluding hydrogens is 351 g/mol. The Kier molecular flexibility index (Phi) is 7.37. The van der Waals surface area contributed by atoms with Crippen LogP contribution >= 0.6 is 11.3 Å². The number of aliphatic imine (C=N–C) groups is 1. The molecule has 0 aromatic carbocycles. The van der Waals surface area contributed by atoms with E-state index in [-0.39, 0.29) is 0 Å². The standard InChI is InChI=1S/C16H26F3N5S/c1-20-15(21-6-4-7-22(2)13-16(17,18)19)24-10-8-23(9-11-24)14-5-3-12-25-14/h3,5,12H,4,6-11,13H2,1-2H3,(H,20,21). The molecule has 0 aliphatic carbocycles. The van der Waals surface area contributed by atoms with E-state index in [0.717, 1.165) is 32.1 Å². The molecule has 1 aromatic heterocycles. The van der Waals surface area contributed by atoms with Crippen molar-refractivity contribution in [2.45, 2.75) is 12.6 Å². The van der Waals surface area contributed by atoms with Gasteiger partial charge in [0.1, 0.15) is 0 Å². The molecule has 1 N–H and O–H groups in total. The minimum Gasteiger partial charge on any atom is -0.360 e. The molecule has 2 heterocycles. The summed E-state index contributed by atoms with van der Waals surface area (Å²) >= 11 is 1.74. The SMILES string of the molecule is CN=C(NCCCN(C)CC(F)(F)F)N1CCN(c2cccs2)CC1.